The van der Waals surface area contributed by atoms with E-state index in [1.807, 2.05) is 17.5 Å². The lowest BCUT2D eigenvalue weighted by Crippen LogP contribution is -2.32. The Hall–Kier alpha value is -1.19. The molecule has 94 valence electrons. The molecule has 1 unspecified atom stereocenters. The maximum absolute atomic E-state index is 13.9. The highest BCUT2D eigenvalue weighted by Gasteiger charge is 2.36. The standard InChI is InChI=1S/C14H12ClFOS/c1-14(13(15)17,9-10-5-4-8-18-10)11-6-2-3-7-12(11)16/h2-8H,9H2,1H3. The Kier molecular flexibility index (Phi) is 3.83. The third-order valence-corrected chi connectivity index (χ3v) is 4.30. The van der Waals surface area contributed by atoms with Crippen molar-refractivity contribution in [3.8, 4) is 0 Å². The zero-order valence-corrected chi connectivity index (χ0v) is 11.4. The molecule has 1 heterocycles. The largest absolute Gasteiger partial charge is 0.280 e. The molecule has 0 fully saturated rings. The molecule has 0 radical (unpaired) electrons. The molecule has 1 aromatic carbocycles. The first-order valence-corrected chi connectivity index (χ1v) is 6.77. The van der Waals surface area contributed by atoms with Gasteiger partial charge in [0.1, 0.15) is 5.82 Å². The van der Waals surface area contributed by atoms with E-state index in [4.69, 9.17) is 11.6 Å². The van der Waals surface area contributed by atoms with E-state index in [2.05, 4.69) is 0 Å². The van der Waals surface area contributed by atoms with Crippen LogP contribution in [0.4, 0.5) is 4.39 Å². The fourth-order valence-corrected chi connectivity index (χ4v) is 2.97. The summed E-state index contributed by atoms with van der Waals surface area (Å²) < 4.78 is 13.9. The summed E-state index contributed by atoms with van der Waals surface area (Å²) in [7, 11) is 0. The van der Waals surface area contributed by atoms with E-state index in [0.29, 0.717) is 12.0 Å². The summed E-state index contributed by atoms with van der Waals surface area (Å²) in [5, 5.41) is 1.39. The Morgan fingerprint density at radius 1 is 1.33 bits per heavy atom. The van der Waals surface area contributed by atoms with Gasteiger partial charge in [0.05, 0.1) is 5.41 Å². The Balaban J connectivity index is 2.45. The average Bonchev–Trinajstić information content (AvgIpc) is 2.81. The maximum Gasteiger partial charge on any atom is 0.232 e. The Bertz CT molecular complexity index is 553. The number of rotatable bonds is 4. The third kappa shape index (κ3) is 2.47. The summed E-state index contributed by atoms with van der Waals surface area (Å²) in [6.07, 6.45) is 0.411. The Morgan fingerprint density at radius 3 is 2.61 bits per heavy atom. The van der Waals surface area contributed by atoms with Gasteiger partial charge in [-0.2, -0.15) is 0 Å². The minimum atomic E-state index is -1.03. The van der Waals surface area contributed by atoms with E-state index in [1.54, 1.807) is 25.1 Å². The summed E-state index contributed by atoms with van der Waals surface area (Å²) in [6, 6.07) is 10.1. The monoisotopic (exact) mass is 282 g/mol. The number of carbonyl (C=O) groups excluding carboxylic acids is 1. The molecule has 0 aliphatic heterocycles. The van der Waals surface area contributed by atoms with Crippen LogP contribution in [0.15, 0.2) is 41.8 Å². The number of thiophene rings is 1. The van der Waals surface area contributed by atoms with Crippen LogP contribution in [0.3, 0.4) is 0 Å². The van der Waals surface area contributed by atoms with Crippen molar-refractivity contribution in [3.63, 3.8) is 0 Å². The van der Waals surface area contributed by atoms with Crippen LogP contribution >= 0.6 is 22.9 Å². The van der Waals surface area contributed by atoms with E-state index in [1.165, 1.54) is 17.4 Å². The van der Waals surface area contributed by atoms with Gasteiger partial charge in [-0.15, -0.1) is 11.3 Å². The summed E-state index contributed by atoms with van der Waals surface area (Å²) in [4.78, 5) is 12.8. The van der Waals surface area contributed by atoms with Gasteiger partial charge in [-0.3, -0.25) is 4.79 Å². The van der Waals surface area contributed by atoms with Gasteiger partial charge in [-0.25, -0.2) is 4.39 Å². The zero-order valence-electron chi connectivity index (χ0n) is 9.82. The third-order valence-electron chi connectivity index (χ3n) is 3.01. The van der Waals surface area contributed by atoms with Crippen LogP contribution in [0.5, 0.6) is 0 Å². The molecular formula is C14H12ClFOS. The second-order valence-electron chi connectivity index (χ2n) is 4.34. The number of carbonyl (C=O) groups is 1. The van der Waals surface area contributed by atoms with Crippen molar-refractivity contribution < 1.29 is 9.18 Å². The summed E-state index contributed by atoms with van der Waals surface area (Å²) in [6.45, 7) is 1.68. The van der Waals surface area contributed by atoms with Crippen molar-refractivity contribution in [2.75, 3.05) is 0 Å². The van der Waals surface area contributed by atoms with Crippen molar-refractivity contribution in [2.24, 2.45) is 0 Å². The van der Waals surface area contributed by atoms with Gasteiger partial charge in [0.25, 0.3) is 0 Å². The molecule has 0 bridgehead atoms. The molecule has 1 nitrogen and oxygen atoms in total. The Morgan fingerprint density at radius 2 is 2.06 bits per heavy atom. The van der Waals surface area contributed by atoms with Crippen LogP contribution in [0.1, 0.15) is 17.4 Å². The number of hydrogen-bond donors (Lipinski definition) is 0. The van der Waals surface area contributed by atoms with Gasteiger partial charge in [0.2, 0.25) is 5.24 Å². The van der Waals surface area contributed by atoms with E-state index < -0.39 is 16.5 Å². The topological polar surface area (TPSA) is 17.1 Å². The lowest BCUT2D eigenvalue weighted by molar-refractivity contribution is -0.116. The fraction of sp³-hybridized carbons (Fsp3) is 0.214. The van der Waals surface area contributed by atoms with Gasteiger partial charge in [0, 0.05) is 10.4 Å². The maximum atomic E-state index is 13.9. The van der Waals surface area contributed by atoms with E-state index in [9.17, 15) is 9.18 Å². The van der Waals surface area contributed by atoms with E-state index >= 15 is 0 Å². The summed E-state index contributed by atoms with van der Waals surface area (Å²) in [5.74, 6) is -0.398. The van der Waals surface area contributed by atoms with Crippen LogP contribution < -0.4 is 0 Å². The highest BCUT2D eigenvalue weighted by Crippen LogP contribution is 2.33. The molecule has 0 aliphatic rings. The number of halogens is 2. The van der Waals surface area contributed by atoms with Crippen molar-refractivity contribution in [3.05, 3.63) is 58.0 Å². The minimum Gasteiger partial charge on any atom is -0.280 e. The Labute approximate surface area is 114 Å². The second-order valence-corrected chi connectivity index (χ2v) is 5.72. The van der Waals surface area contributed by atoms with Crippen LogP contribution in [-0.2, 0) is 16.6 Å². The molecular weight excluding hydrogens is 271 g/mol. The predicted molar refractivity (Wildman–Crippen MR) is 72.6 cm³/mol. The van der Waals surface area contributed by atoms with Crippen LogP contribution in [-0.4, -0.2) is 5.24 Å². The molecule has 0 aliphatic carbocycles. The molecule has 1 aromatic heterocycles. The molecule has 0 amide bonds. The lowest BCUT2D eigenvalue weighted by Gasteiger charge is -2.25. The molecule has 0 saturated carbocycles. The van der Waals surface area contributed by atoms with Gasteiger partial charge >= 0.3 is 0 Å². The molecule has 0 N–H and O–H groups in total. The second kappa shape index (κ2) is 5.21. The van der Waals surface area contributed by atoms with Crippen LogP contribution in [0, 0.1) is 5.82 Å². The van der Waals surface area contributed by atoms with Crippen LogP contribution in [0.2, 0.25) is 0 Å². The first-order chi connectivity index (χ1) is 8.54. The molecule has 18 heavy (non-hydrogen) atoms. The van der Waals surface area contributed by atoms with Crippen molar-refractivity contribution in [2.45, 2.75) is 18.8 Å². The fourth-order valence-electron chi connectivity index (χ4n) is 1.94. The summed E-state index contributed by atoms with van der Waals surface area (Å²) in [5.41, 5.74) is -0.684. The highest BCUT2D eigenvalue weighted by molar-refractivity contribution is 7.09. The van der Waals surface area contributed by atoms with Gasteiger partial charge in [0.15, 0.2) is 0 Å². The smallest absolute Gasteiger partial charge is 0.232 e. The SMILES string of the molecule is CC(Cc1cccs1)(C(=O)Cl)c1ccccc1F. The van der Waals surface area contributed by atoms with E-state index in [0.717, 1.165) is 4.88 Å². The van der Waals surface area contributed by atoms with E-state index in [-0.39, 0.29) is 0 Å². The molecule has 0 saturated heterocycles. The van der Waals surface area contributed by atoms with Crippen LogP contribution in [0.25, 0.3) is 0 Å². The quantitative estimate of drug-likeness (QED) is 0.770. The number of benzene rings is 1. The molecule has 2 rings (SSSR count). The van der Waals surface area contributed by atoms with Gasteiger partial charge in [-0.1, -0.05) is 24.3 Å². The first-order valence-electron chi connectivity index (χ1n) is 5.51. The molecule has 1 atom stereocenters. The lowest BCUT2D eigenvalue weighted by atomic mass is 9.80. The van der Waals surface area contributed by atoms with Gasteiger partial charge in [-0.05, 0) is 42.5 Å². The zero-order chi connectivity index (χ0) is 13.2. The highest BCUT2D eigenvalue weighted by atomic mass is 35.5. The minimum absolute atomic E-state index is 0.346. The first kappa shape index (κ1) is 13.2. The average molecular weight is 283 g/mol. The molecule has 2 aromatic rings. The van der Waals surface area contributed by atoms with Crippen molar-refractivity contribution >= 4 is 28.2 Å². The summed E-state index contributed by atoms with van der Waals surface area (Å²) >= 11 is 7.24. The normalized spacial score (nSPS) is 14.2. The predicted octanol–water partition coefficient (Wildman–Crippen LogP) is 4.15. The van der Waals surface area contributed by atoms with Crippen molar-refractivity contribution in [1.29, 1.82) is 0 Å². The van der Waals surface area contributed by atoms with Gasteiger partial charge < -0.3 is 0 Å². The van der Waals surface area contributed by atoms with Crippen molar-refractivity contribution in [1.82, 2.24) is 0 Å². The molecule has 0 spiro atoms. The number of hydrogen-bond acceptors (Lipinski definition) is 2. The molecule has 4 heteroatoms.